The Morgan fingerprint density at radius 2 is 1.71 bits per heavy atom. The van der Waals surface area contributed by atoms with Crippen LogP contribution in [0.3, 0.4) is 0 Å². The molecule has 0 heterocycles. The van der Waals surface area contributed by atoms with E-state index in [0.29, 0.717) is 0 Å². The van der Waals surface area contributed by atoms with E-state index in [1.165, 1.54) is 19.3 Å². The lowest BCUT2D eigenvalue weighted by Crippen LogP contribution is -1.77. The molecule has 0 aromatic rings. The number of hydrogen-bond acceptors (Lipinski definition) is 0. The first-order chi connectivity index (χ1) is 3.39. The van der Waals surface area contributed by atoms with Crippen LogP contribution in [0.15, 0.2) is 0 Å². The Morgan fingerprint density at radius 1 is 1.14 bits per heavy atom. The fraction of sp³-hybridized carbons (Fsp3) is 0.857. The molecule has 2 unspecified atom stereocenters. The third-order valence-electron chi connectivity index (χ3n) is 2.58. The second-order valence-electron chi connectivity index (χ2n) is 2.92. The SMILES string of the molecule is [CH2]C1C2CCCC12. The molecule has 2 rings (SSSR count). The van der Waals surface area contributed by atoms with Crippen LogP contribution in [0, 0.1) is 24.7 Å². The van der Waals surface area contributed by atoms with Crippen molar-refractivity contribution in [2.75, 3.05) is 0 Å². The minimum atomic E-state index is 0.869. The zero-order chi connectivity index (χ0) is 4.85. The lowest BCUT2D eigenvalue weighted by atomic mass is 10.2. The van der Waals surface area contributed by atoms with Crippen LogP contribution in [0.1, 0.15) is 19.3 Å². The zero-order valence-corrected chi connectivity index (χ0v) is 4.56. The Morgan fingerprint density at radius 3 is 2.00 bits per heavy atom. The molecule has 2 atom stereocenters. The monoisotopic (exact) mass is 95.1 g/mol. The first-order valence-corrected chi connectivity index (χ1v) is 3.22. The zero-order valence-electron chi connectivity index (χ0n) is 4.56. The molecule has 2 saturated carbocycles. The van der Waals surface area contributed by atoms with E-state index in [0.717, 1.165) is 17.8 Å². The normalized spacial score (nSPS) is 57.0. The minimum absolute atomic E-state index is 0.869. The van der Waals surface area contributed by atoms with E-state index in [2.05, 4.69) is 6.92 Å². The number of rotatable bonds is 0. The van der Waals surface area contributed by atoms with Crippen LogP contribution in [0.5, 0.6) is 0 Å². The van der Waals surface area contributed by atoms with E-state index in [4.69, 9.17) is 0 Å². The lowest BCUT2D eigenvalue weighted by molar-refractivity contribution is 0.663. The average Bonchev–Trinajstić information content (AvgIpc) is 2.26. The molecule has 0 spiro atoms. The van der Waals surface area contributed by atoms with Crippen molar-refractivity contribution in [1.82, 2.24) is 0 Å². The van der Waals surface area contributed by atoms with Crippen molar-refractivity contribution in [3.8, 4) is 0 Å². The van der Waals surface area contributed by atoms with Gasteiger partial charge in [-0.3, -0.25) is 0 Å². The average molecular weight is 95.2 g/mol. The molecule has 1 radical (unpaired) electrons. The molecule has 0 nitrogen and oxygen atoms in total. The number of fused-ring (bicyclic) bond motifs is 1. The first-order valence-electron chi connectivity index (χ1n) is 3.22. The van der Waals surface area contributed by atoms with Gasteiger partial charge >= 0.3 is 0 Å². The maximum Gasteiger partial charge on any atom is -0.0352 e. The van der Waals surface area contributed by atoms with Gasteiger partial charge in [0, 0.05) is 0 Å². The molecule has 7 heavy (non-hydrogen) atoms. The summed E-state index contributed by atoms with van der Waals surface area (Å²) in [5.41, 5.74) is 0. The topological polar surface area (TPSA) is 0 Å². The van der Waals surface area contributed by atoms with Gasteiger partial charge in [0.2, 0.25) is 0 Å². The van der Waals surface area contributed by atoms with Crippen molar-refractivity contribution in [3.63, 3.8) is 0 Å². The van der Waals surface area contributed by atoms with Gasteiger partial charge in [-0.05, 0) is 37.5 Å². The van der Waals surface area contributed by atoms with E-state index < -0.39 is 0 Å². The van der Waals surface area contributed by atoms with Crippen LogP contribution in [0.2, 0.25) is 0 Å². The van der Waals surface area contributed by atoms with Crippen molar-refractivity contribution in [2.45, 2.75) is 19.3 Å². The van der Waals surface area contributed by atoms with Crippen LogP contribution in [-0.4, -0.2) is 0 Å². The van der Waals surface area contributed by atoms with Crippen molar-refractivity contribution < 1.29 is 0 Å². The van der Waals surface area contributed by atoms with Gasteiger partial charge in [-0.2, -0.15) is 0 Å². The van der Waals surface area contributed by atoms with Crippen LogP contribution in [0.25, 0.3) is 0 Å². The Labute approximate surface area is 44.9 Å². The fourth-order valence-electron chi connectivity index (χ4n) is 1.97. The molecule has 0 aromatic carbocycles. The first kappa shape index (κ1) is 3.94. The maximum absolute atomic E-state index is 4.03. The van der Waals surface area contributed by atoms with Gasteiger partial charge in [0.15, 0.2) is 0 Å². The van der Waals surface area contributed by atoms with Gasteiger partial charge in [0.1, 0.15) is 0 Å². The second kappa shape index (κ2) is 1.04. The molecule has 0 bridgehead atoms. The van der Waals surface area contributed by atoms with Gasteiger partial charge in [-0.15, -0.1) is 0 Å². The fourth-order valence-corrected chi connectivity index (χ4v) is 1.97. The molecule has 0 aromatic heterocycles. The molecule has 0 N–H and O–H groups in total. The van der Waals surface area contributed by atoms with Gasteiger partial charge in [-0.1, -0.05) is 6.42 Å². The summed E-state index contributed by atoms with van der Waals surface area (Å²) in [7, 11) is 0. The molecule has 0 amide bonds. The van der Waals surface area contributed by atoms with Crippen LogP contribution in [0.4, 0.5) is 0 Å². The summed E-state index contributed by atoms with van der Waals surface area (Å²) in [6, 6.07) is 0. The summed E-state index contributed by atoms with van der Waals surface area (Å²) in [6.07, 6.45) is 4.46. The van der Waals surface area contributed by atoms with E-state index >= 15 is 0 Å². The quantitative estimate of drug-likeness (QED) is 0.431. The third-order valence-corrected chi connectivity index (χ3v) is 2.58. The number of hydrogen-bond donors (Lipinski definition) is 0. The second-order valence-corrected chi connectivity index (χ2v) is 2.92. The van der Waals surface area contributed by atoms with Gasteiger partial charge in [-0.25, -0.2) is 0 Å². The highest BCUT2D eigenvalue weighted by Gasteiger charge is 2.48. The van der Waals surface area contributed by atoms with E-state index in [1.54, 1.807) is 0 Å². The summed E-state index contributed by atoms with van der Waals surface area (Å²) in [5.74, 6) is 3.01. The molecule has 0 heteroatoms. The Balaban J connectivity index is 2.06. The van der Waals surface area contributed by atoms with Crippen LogP contribution >= 0.6 is 0 Å². The van der Waals surface area contributed by atoms with Gasteiger partial charge in [0.05, 0.1) is 0 Å². The smallest absolute Gasteiger partial charge is 0.0352 e. The van der Waals surface area contributed by atoms with Crippen molar-refractivity contribution in [2.24, 2.45) is 17.8 Å². The van der Waals surface area contributed by atoms with Crippen LogP contribution < -0.4 is 0 Å². The molecule has 39 valence electrons. The van der Waals surface area contributed by atoms with Gasteiger partial charge in [0.25, 0.3) is 0 Å². The predicted molar refractivity (Wildman–Crippen MR) is 29.7 cm³/mol. The standard InChI is InChI=1S/C7H11/c1-5-6-3-2-4-7(5)6/h5-7H,1-4H2. The summed E-state index contributed by atoms with van der Waals surface area (Å²) >= 11 is 0. The Kier molecular flexibility index (Phi) is 0.586. The highest BCUT2D eigenvalue weighted by atomic mass is 14.5. The van der Waals surface area contributed by atoms with Crippen LogP contribution in [-0.2, 0) is 0 Å². The molecule has 0 aliphatic heterocycles. The van der Waals surface area contributed by atoms with E-state index in [-0.39, 0.29) is 0 Å². The largest absolute Gasteiger partial charge is 0.0527 e. The molecule has 2 aliphatic rings. The maximum atomic E-state index is 4.03. The summed E-state index contributed by atoms with van der Waals surface area (Å²) < 4.78 is 0. The summed E-state index contributed by atoms with van der Waals surface area (Å²) in [6.45, 7) is 4.03. The van der Waals surface area contributed by atoms with Crippen molar-refractivity contribution >= 4 is 0 Å². The van der Waals surface area contributed by atoms with E-state index in [9.17, 15) is 0 Å². The molecule has 0 saturated heterocycles. The predicted octanol–water partition coefficient (Wildman–Crippen LogP) is 1.87. The van der Waals surface area contributed by atoms with E-state index in [1.807, 2.05) is 0 Å². The Bertz CT molecular complexity index is 76.0. The highest BCUT2D eigenvalue weighted by Crippen LogP contribution is 2.56. The molecule has 2 aliphatic carbocycles. The molecular weight excluding hydrogens is 84.1 g/mol. The highest BCUT2D eigenvalue weighted by molar-refractivity contribution is 5.01. The Hall–Kier alpha value is 0. The summed E-state index contributed by atoms with van der Waals surface area (Å²) in [5, 5.41) is 0. The third kappa shape index (κ3) is 0.375. The minimum Gasteiger partial charge on any atom is -0.0527 e. The summed E-state index contributed by atoms with van der Waals surface area (Å²) in [4.78, 5) is 0. The van der Waals surface area contributed by atoms with Gasteiger partial charge < -0.3 is 0 Å². The van der Waals surface area contributed by atoms with Crippen molar-refractivity contribution in [1.29, 1.82) is 0 Å². The lowest BCUT2D eigenvalue weighted by Gasteiger charge is -1.89. The van der Waals surface area contributed by atoms with Crippen molar-refractivity contribution in [3.05, 3.63) is 6.92 Å². The molecular formula is C7H11. The molecule has 2 fully saturated rings.